The van der Waals surface area contributed by atoms with E-state index in [0.29, 0.717) is 22.2 Å². The van der Waals surface area contributed by atoms with Crippen molar-refractivity contribution in [3.8, 4) is 0 Å². The maximum atomic E-state index is 12.3. The fraction of sp³-hybridized carbons (Fsp3) is 0.300. The molecule has 0 aliphatic heterocycles. The van der Waals surface area contributed by atoms with Crippen molar-refractivity contribution in [3.63, 3.8) is 0 Å². The number of anilines is 1. The van der Waals surface area contributed by atoms with Crippen LogP contribution in [0.3, 0.4) is 0 Å². The van der Waals surface area contributed by atoms with Gasteiger partial charge >= 0.3 is 0 Å². The Balaban J connectivity index is 1.56. The third kappa shape index (κ3) is 5.53. The third-order valence-corrected chi connectivity index (χ3v) is 5.04. The quantitative estimate of drug-likeness (QED) is 0.665. The van der Waals surface area contributed by atoms with E-state index in [-0.39, 0.29) is 23.8 Å². The lowest BCUT2D eigenvalue weighted by Crippen LogP contribution is -2.26. The fourth-order valence-electron chi connectivity index (χ4n) is 2.60. The standard InChI is InChI=1S/C20H20F2N2O2S/c1-12(13-4-8-16(9-5-13)24-19(26)14-2-3-14)23-18(25)15-6-10-17(11-7-15)27-20(21)22/h4-12,14,20H,2-3H2,1H3,(H,23,25)(H,24,26). The molecule has 0 bridgehead atoms. The number of rotatable bonds is 7. The molecule has 0 saturated heterocycles. The van der Waals surface area contributed by atoms with Gasteiger partial charge in [-0.05, 0) is 61.7 Å². The fourth-order valence-corrected chi connectivity index (χ4v) is 3.09. The highest BCUT2D eigenvalue weighted by Crippen LogP contribution is 2.30. The van der Waals surface area contributed by atoms with E-state index in [0.717, 1.165) is 24.1 Å². The Morgan fingerprint density at radius 3 is 2.22 bits per heavy atom. The van der Waals surface area contributed by atoms with Gasteiger partial charge in [0.2, 0.25) is 5.91 Å². The molecular weight excluding hydrogens is 370 g/mol. The van der Waals surface area contributed by atoms with Crippen LogP contribution in [0.15, 0.2) is 53.4 Å². The third-order valence-electron chi connectivity index (χ3n) is 4.32. The number of carbonyl (C=O) groups excluding carboxylic acids is 2. The van der Waals surface area contributed by atoms with Crippen LogP contribution in [-0.4, -0.2) is 17.6 Å². The number of alkyl halides is 2. The highest BCUT2D eigenvalue weighted by atomic mass is 32.2. The average Bonchev–Trinajstić information content (AvgIpc) is 3.47. The van der Waals surface area contributed by atoms with Crippen LogP contribution in [-0.2, 0) is 4.79 Å². The monoisotopic (exact) mass is 390 g/mol. The maximum Gasteiger partial charge on any atom is 0.288 e. The van der Waals surface area contributed by atoms with Crippen molar-refractivity contribution in [3.05, 3.63) is 59.7 Å². The van der Waals surface area contributed by atoms with Crippen LogP contribution in [0.2, 0.25) is 0 Å². The molecule has 0 heterocycles. The van der Waals surface area contributed by atoms with Crippen LogP contribution in [0.4, 0.5) is 14.5 Å². The molecular formula is C20H20F2N2O2S. The number of benzene rings is 2. The summed E-state index contributed by atoms with van der Waals surface area (Å²) in [6.45, 7) is 1.86. The van der Waals surface area contributed by atoms with Gasteiger partial charge in [-0.25, -0.2) is 0 Å². The van der Waals surface area contributed by atoms with Crippen molar-refractivity contribution in [2.75, 3.05) is 5.32 Å². The van der Waals surface area contributed by atoms with Gasteiger partial charge in [-0.2, -0.15) is 8.78 Å². The summed E-state index contributed by atoms with van der Waals surface area (Å²) < 4.78 is 24.7. The topological polar surface area (TPSA) is 58.2 Å². The molecule has 3 rings (SSSR count). The van der Waals surface area contributed by atoms with Gasteiger partial charge in [0.15, 0.2) is 0 Å². The maximum absolute atomic E-state index is 12.3. The Kier molecular flexibility index (Phi) is 6.11. The second kappa shape index (κ2) is 8.52. The molecule has 1 saturated carbocycles. The van der Waals surface area contributed by atoms with Crippen LogP contribution in [0, 0.1) is 5.92 Å². The first kappa shape index (κ1) is 19.4. The number of halogens is 2. The van der Waals surface area contributed by atoms with Gasteiger partial charge in [-0.3, -0.25) is 9.59 Å². The molecule has 2 aromatic rings. The molecule has 142 valence electrons. The van der Waals surface area contributed by atoms with Crippen molar-refractivity contribution in [2.24, 2.45) is 5.92 Å². The Morgan fingerprint density at radius 1 is 1.04 bits per heavy atom. The average molecular weight is 390 g/mol. The summed E-state index contributed by atoms with van der Waals surface area (Å²) in [6.07, 6.45) is 1.91. The van der Waals surface area contributed by atoms with Gasteiger partial charge in [0.1, 0.15) is 0 Å². The van der Waals surface area contributed by atoms with Crippen LogP contribution >= 0.6 is 11.8 Å². The molecule has 2 N–H and O–H groups in total. The van der Waals surface area contributed by atoms with Crippen LogP contribution < -0.4 is 10.6 Å². The largest absolute Gasteiger partial charge is 0.346 e. The van der Waals surface area contributed by atoms with Crippen LogP contribution in [0.5, 0.6) is 0 Å². The van der Waals surface area contributed by atoms with E-state index in [1.54, 1.807) is 0 Å². The second-order valence-electron chi connectivity index (χ2n) is 6.48. The number of hydrogen-bond donors (Lipinski definition) is 2. The van der Waals surface area contributed by atoms with Crippen molar-refractivity contribution in [1.29, 1.82) is 0 Å². The summed E-state index contributed by atoms with van der Waals surface area (Å²) in [5.74, 6) is -2.56. The molecule has 0 aromatic heterocycles. The van der Waals surface area contributed by atoms with Gasteiger partial charge < -0.3 is 10.6 Å². The molecule has 7 heteroatoms. The van der Waals surface area contributed by atoms with Gasteiger partial charge in [0, 0.05) is 22.1 Å². The summed E-state index contributed by atoms with van der Waals surface area (Å²) in [7, 11) is 0. The number of hydrogen-bond acceptors (Lipinski definition) is 3. The summed E-state index contributed by atoms with van der Waals surface area (Å²) in [5.41, 5.74) is 2.05. The zero-order valence-corrected chi connectivity index (χ0v) is 15.6. The van der Waals surface area contributed by atoms with Crippen molar-refractivity contribution >= 4 is 29.3 Å². The predicted octanol–water partition coefficient (Wildman–Crippen LogP) is 4.84. The minimum atomic E-state index is -2.48. The lowest BCUT2D eigenvalue weighted by atomic mass is 10.1. The molecule has 1 fully saturated rings. The Bertz CT molecular complexity index is 806. The highest BCUT2D eigenvalue weighted by molar-refractivity contribution is 7.99. The van der Waals surface area contributed by atoms with E-state index in [9.17, 15) is 18.4 Å². The molecule has 0 radical (unpaired) electrons. The normalized spacial score (nSPS) is 14.7. The summed E-state index contributed by atoms with van der Waals surface area (Å²) in [4.78, 5) is 24.5. The van der Waals surface area contributed by atoms with Crippen molar-refractivity contribution < 1.29 is 18.4 Å². The molecule has 1 aliphatic rings. The molecule has 1 unspecified atom stereocenters. The minimum absolute atomic E-state index is 0.0533. The molecule has 0 spiro atoms. The van der Waals surface area contributed by atoms with E-state index >= 15 is 0 Å². The first-order valence-electron chi connectivity index (χ1n) is 8.69. The molecule has 2 aromatic carbocycles. The van der Waals surface area contributed by atoms with E-state index in [4.69, 9.17) is 0 Å². The van der Waals surface area contributed by atoms with Gasteiger partial charge in [-0.1, -0.05) is 23.9 Å². The molecule has 1 aliphatic carbocycles. The highest BCUT2D eigenvalue weighted by Gasteiger charge is 2.29. The van der Waals surface area contributed by atoms with Crippen LogP contribution in [0.25, 0.3) is 0 Å². The minimum Gasteiger partial charge on any atom is -0.346 e. The van der Waals surface area contributed by atoms with Gasteiger partial charge in [-0.15, -0.1) is 0 Å². The summed E-state index contributed by atoms with van der Waals surface area (Å²) in [6, 6.07) is 13.2. The van der Waals surface area contributed by atoms with Gasteiger partial charge in [0.05, 0.1) is 6.04 Å². The number of amides is 2. The number of carbonyl (C=O) groups is 2. The SMILES string of the molecule is CC(NC(=O)c1ccc(SC(F)F)cc1)c1ccc(NC(=O)C2CC2)cc1. The molecule has 4 nitrogen and oxygen atoms in total. The van der Waals surface area contributed by atoms with E-state index < -0.39 is 5.76 Å². The number of thioether (sulfide) groups is 1. The molecule has 1 atom stereocenters. The second-order valence-corrected chi connectivity index (χ2v) is 7.55. The number of nitrogens with one attached hydrogen (secondary N) is 2. The summed E-state index contributed by atoms with van der Waals surface area (Å²) in [5, 5.41) is 5.75. The smallest absolute Gasteiger partial charge is 0.288 e. The molecule has 2 amide bonds. The first-order valence-corrected chi connectivity index (χ1v) is 9.57. The van der Waals surface area contributed by atoms with Gasteiger partial charge in [0.25, 0.3) is 11.7 Å². The lowest BCUT2D eigenvalue weighted by Gasteiger charge is -2.15. The Morgan fingerprint density at radius 2 is 1.67 bits per heavy atom. The van der Waals surface area contributed by atoms with Crippen LogP contribution in [0.1, 0.15) is 41.7 Å². The Labute approximate surface area is 160 Å². The molecule has 27 heavy (non-hydrogen) atoms. The van der Waals surface area contributed by atoms with Crippen molar-refractivity contribution in [1.82, 2.24) is 5.32 Å². The Hall–Kier alpha value is -2.41. The first-order chi connectivity index (χ1) is 12.9. The summed E-state index contributed by atoms with van der Waals surface area (Å²) >= 11 is 0.446. The lowest BCUT2D eigenvalue weighted by molar-refractivity contribution is -0.117. The predicted molar refractivity (Wildman–Crippen MR) is 102 cm³/mol. The van der Waals surface area contributed by atoms with Crippen molar-refractivity contribution in [2.45, 2.75) is 36.5 Å². The zero-order chi connectivity index (χ0) is 19.4. The van der Waals surface area contributed by atoms with E-state index in [1.807, 2.05) is 31.2 Å². The van der Waals surface area contributed by atoms with E-state index in [1.165, 1.54) is 24.3 Å². The van der Waals surface area contributed by atoms with E-state index in [2.05, 4.69) is 10.6 Å². The zero-order valence-electron chi connectivity index (χ0n) is 14.7.